The van der Waals surface area contributed by atoms with Crippen molar-refractivity contribution in [2.24, 2.45) is 0 Å². The zero-order chi connectivity index (χ0) is 14.4. The van der Waals surface area contributed by atoms with Crippen LogP contribution in [0.3, 0.4) is 0 Å². The molecular formula is C17H29N3. The van der Waals surface area contributed by atoms with Gasteiger partial charge < -0.3 is 5.32 Å². The van der Waals surface area contributed by atoms with Crippen LogP contribution in [0.25, 0.3) is 0 Å². The van der Waals surface area contributed by atoms with E-state index in [9.17, 15) is 0 Å². The monoisotopic (exact) mass is 275 g/mol. The lowest BCUT2D eigenvalue weighted by atomic mass is 9.94. The summed E-state index contributed by atoms with van der Waals surface area (Å²) in [5, 5.41) is 3.53. The molecule has 3 heteroatoms. The van der Waals surface area contributed by atoms with Gasteiger partial charge in [-0.15, -0.1) is 0 Å². The van der Waals surface area contributed by atoms with E-state index in [0.717, 1.165) is 12.4 Å². The second kappa shape index (κ2) is 7.63. The first-order valence-corrected chi connectivity index (χ1v) is 8.18. The predicted octanol–water partition coefficient (Wildman–Crippen LogP) is 4.23. The molecule has 1 saturated heterocycles. The molecule has 0 amide bonds. The number of hydrogen-bond donors (Lipinski definition) is 1. The molecule has 0 saturated carbocycles. The number of nitrogens with zero attached hydrogens (tertiary/aromatic N) is 2. The molecule has 1 aliphatic rings. The minimum absolute atomic E-state index is 0.529. The van der Waals surface area contributed by atoms with E-state index >= 15 is 0 Å². The molecule has 0 aliphatic carbocycles. The highest BCUT2D eigenvalue weighted by atomic mass is 15.2. The maximum Gasteiger partial charge on any atom is 0.130 e. The molecule has 0 aromatic carbocycles. The molecule has 3 nitrogen and oxygen atoms in total. The van der Waals surface area contributed by atoms with Crippen LogP contribution in [0.5, 0.6) is 0 Å². The van der Waals surface area contributed by atoms with Gasteiger partial charge in [-0.05, 0) is 45.7 Å². The van der Waals surface area contributed by atoms with Gasteiger partial charge in [-0.25, -0.2) is 4.98 Å². The van der Waals surface area contributed by atoms with Crippen molar-refractivity contribution in [2.45, 2.75) is 65.0 Å². The molecule has 2 rings (SSSR count). The minimum Gasteiger partial charge on any atom is -0.370 e. The normalized spacial score (nSPS) is 20.3. The van der Waals surface area contributed by atoms with Crippen molar-refractivity contribution >= 4 is 5.82 Å². The van der Waals surface area contributed by atoms with E-state index in [1.165, 1.54) is 44.2 Å². The Morgan fingerprint density at radius 2 is 2.25 bits per heavy atom. The molecule has 0 radical (unpaired) electrons. The highest BCUT2D eigenvalue weighted by Crippen LogP contribution is 2.35. The number of aromatic nitrogens is 1. The van der Waals surface area contributed by atoms with E-state index in [4.69, 9.17) is 0 Å². The second-order valence-corrected chi connectivity index (χ2v) is 6.06. The minimum atomic E-state index is 0.529. The van der Waals surface area contributed by atoms with E-state index in [2.05, 4.69) is 48.1 Å². The summed E-state index contributed by atoms with van der Waals surface area (Å²) in [6.07, 6.45) is 8.24. The van der Waals surface area contributed by atoms with Gasteiger partial charge in [-0.2, -0.15) is 0 Å². The van der Waals surface area contributed by atoms with Crippen LogP contribution in [-0.4, -0.2) is 29.0 Å². The first-order chi connectivity index (χ1) is 9.74. The Hall–Kier alpha value is -1.09. The topological polar surface area (TPSA) is 28.2 Å². The SMILES string of the molecule is CCCCNc1ncccc1C1CCCCN1C(C)C. The van der Waals surface area contributed by atoms with Crippen LogP contribution in [0.4, 0.5) is 5.82 Å². The quantitative estimate of drug-likeness (QED) is 0.788. The number of piperidine rings is 1. The molecule has 1 N–H and O–H groups in total. The van der Waals surface area contributed by atoms with E-state index in [0.29, 0.717) is 12.1 Å². The third-order valence-corrected chi connectivity index (χ3v) is 4.23. The number of pyridine rings is 1. The summed E-state index contributed by atoms with van der Waals surface area (Å²) >= 11 is 0. The van der Waals surface area contributed by atoms with E-state index in [1.54, 1.807) is 0 Å². The average molecular weight is 275 g/mol. The zero-order valence-electron chi connectivity index (χ0n) is 13.2. The van der Waals surface area contributed by atoms with E-state index < -0.39 is 0 Å². The van der Waals surface area contributed by atoms with Crippen molar-refractivity contribution in [3.8, 4) is 0 Å². The number of nitrogens with one attached hydrogen (secondary N) is 1. The van der Waals surface area contributed by atoms with Crippen LogP contribution >= 0.6 is 0 Å². The van der Waals surface area contributed by atoms with Crippen molar-refractivity contribution in [3.63, 3.8) is 0 Å². The van der Waals surface area contributed by atoms with Gasteiger partial charge in [-0.1, -0.05) is 25.8 Å². The third kappa shape index (κ3) is 3.72. The zero-order valence-corrected chi connectivity index (χ0v) is 13.2. The Morgan fingerprint density at radius 1 is 1.40 bits per heavy atom. The predicted molar refractivity (Wildman–Crippen MR) is 86.1 cm³/mol. The van der Waals surface area contributed by atoms with Gasteiger partial charge in [0.1, 0.15) is 5.82 Å². The van der Waals surface area contributed by atoms with Gasteiger partial charge in [0.25, 0.3) is 0 Å². The number of anilines is 1. The van der Waals surface area contributed by atoms with Crippen molar-refractivity contribution in [1.29, 1.82) is 0 Å². The van der Waals surface area contributed by atoms with Gasteiger partial charge in [-0.3, -0.25) is 4.90 Å². The van der Waals surface area contributed by atoms with Crippen molar-refractivity contribution in [1.82, 2.24) is 9.88 Å². The Labute approximate surface area is 123 Å². The summed E-state index contributed by atoms with van der Waals surface area (Å²) in [6.45, 7) is 9.07. The summed E-state index contributed by atoms with van der Waals surface area (Å²) in [5.41, 5.74) is 1.39. The fourth-order valence-corrected chi connectivity index (χ4v) is 3.12. The Balaban J connectivity index is 2.16. The van der Waals surface area contributed by atoms with Crippen LogP contribution in [-0.2, 0) is 0 Å². The van der Waals surface area contributed by atoms with Crippen molar-refractivity contribution in [2.75, 3.05) is 18.4 Å². The highest BCUT2D eigenvalue weighted by molar-refractivity contribution is 5.45. The molecule has 0 spiro atoms. The summed E-state index contributed by atoms with van der Waals surface area (Å²) in [4.78, 5) is 7.21. The van der Waals surface area contributed by atoms with Crippen molar-refractivity contribution < 1.29 is 0 Å². The Kier molecular flexibility index (Phi) is 5.84. The molecular weight excluding hydrogens is 246 g/mol. The number of rotatable bonds is 6. The lowest BCUT2D eigenvalue weighted by Gasteiger charge is -2.39. The number of likely N-dealkylation sites (tertiary alicyclic amines) is 1. The highest BCUT2D eigenvalue weighted by Gasteiger charge is 2.27. The van der Waals surface area contributed by atoms with Crippen molar-refractivity contribution in [3.05, 3.63) is 23.9 Å². The molecule has 1 unspecified atom stereocenters. The Bertz CT molecular complexity index is 403. The van der Waals surface area contributed by atoms with Crippen LogP contribution < -0.4 is 5.32 Å². The molecule has 1 aromatic heterocycles. The number of hydrogen-bond acceptors (Lipinski definition) is 3. The lowest BCUT2D eigenvalue weighted by molar-refractivity contribution is 0.112. The molecule has 112 valence electrons. The molecule has 0 bridgehead atoms. The van der Waals surface area contributed by atoms with Crippen LogP contribution in [0.15, 0.2) is 18.3 Å². The smallest absolute Gasteiger partial charge is 0.130 e. The molecule has 20 heavy (non-hydrogen) atoms. The summed E-state index contributed by atoms with van der Waals surface area (Å²) in [7, 11) is 0. The lowest BCUT2D eigenvalue weighted by Crippen LogP contribution is -2.38. The van der Waals surface area contributed by atoms with Gasteiger partial charge in [0.05, 0.1) is 0 Å². The molecule has 1 aliphatic heterocycles. The molecule has 1 atom stereocenters. The third-order valence-electron chi connectivity index (χ3n) is 4.23. The maximum atomic E-state index is 4.58. The first-order valence-electron chi connectivity index (χ1n) is 8.18. The second-order valence-electron chi connectivity index (χ2n) is 6.06. The maximum absolute atomic E-state index is 4.58. The Morgan fingerprint density at radius 3 is 3.00 bits per heavy atom. The summed E-state index contributed by atoms with van der Waals surface area (Å²) < 4.78 is 0. The standard InChI is InChI=1S/C17H29N3/c1-4-5-11-18-17-15(9-8-12-19-17)16-10-6-7-13-20(16)14(2)3/h8-9,12,14,16H,4-7,10-11,13H2,1-3H3,(H,18,19). The summed E-state index contributed by atoms with van der Waals surface area (Å²) in [5.74, 6) is 1.10. The van der Waals surface area contributed by atoms with Gasteiger partial charge in [0, 0.05) is 30.4 Å². The number of unbranched alkanes of at least 4 members (excludes halogenated alkanes) is 1. The van der Waals surface area contributed by atoms with Crippen LogP contribution in [0.1, 0.15) is 64.5 Å². The van der Waals surface area contributed by atoms with E-state index in [-0.39, 0.29) is 0 Å². The first kappa shape index (κ1) is 15.3. The fourth-order valence-electron chi connectivity index (χ4n) is 3.12. The van der Waals surface area contributed by atoms with Crippen LogP contribution in [0, 0.1) is 0 Å². The van der Waals surface area contributed by atoms with Gasteiger partial charge in [0.15, 0.2) is 0 Å². The van der Waals surface area contributed by atoms with E-state index in [1.807, 2.05) is 6.20 Å². The average Bonchev–Trinajstić information content (AvgIpc) is 2.48. The largest absolute Gasteiger partial charge is 0.370 e. The van der Waals surface area contributed by atoms with Gasteiger partial charge in [0.2, 0.25) is 0 Å². The van der Waals surface area contributed by atoms with Crippen LogP contribution in [0.2, 0.25) is 0 Å². The molecule has 1 fully saturated rings. The van der Waals surface area contributed by atoms with Gasteiger partial charge >= 0.3 is 0 Å². The fraction of sp³-hybridized carbons (Fsp3) is 0.706. The summed E-state index contributed by atoms with van der Waals surface area (Å²) in [6, 6.07) is 5.46. The molecule has 1 aromatic rings. The molecule has 2 heterocycles.